The van der Waals surface area contributed by atoms with Crippen molar-refractivity contribution in [1.82, 2.24) is 0 Å². The zero-order valence-electron chi connectivity index (χ0n) is 16.0. The fourth-order valence-electron chi connectivity index (χ4n) is 4.02. The molecule has 1 saturated carbocycles. The lowest BCUT2D eigenvalue weighted by Crippen LogP contribution is -2.19. The van der Waals surface area contributed by atoms with Crippen LogP contribution in [0.25, 0.3) is 0 Å². The third-order valence-electron chi connectivity index (χ3n) is 5.64. The van der Waals surface area contributed by atoms with Gasteiger partial charge in [0.25, 0.3) is 0 Å². The molecule has 0 saturated heterocycles. The van der Waals surface area contributed by atoms with E-state index in [1.807, 2.05) is 24.3 Å². The molecule has 2 nitrogen and oxygen atoms in total. The largest absolute Gasteiger partial charge is 0.468 e. The zero-order valence-corrected chi connectivity index (χ0v) is 16.0. The molecule has 0 aliphatic heterocycles. The Morgan fingerprint density at radius 3 is 2.26 bits per heavy atom. The van der Waals surface area contributed by atoms with Crippen molar-refractivity contribution in [1.29, 1.82) is 0 Å². The van der Waals surface area contributed by atoms with Crippen molar-refractivity contribution < 1.29 is 9.47 Å². The number of benzene rings is 2. The molecule has 2 heteroatoms. The average Bonchev–Trinajstić information content (AvgIpc) is 2.74. The Hall–Kier alpha value is -2.24. The summed E-state index contributed by atoms with van der Waals surface area (Å²) in [5, 5.41) is 0. The smallest absolute Gasteiger partial charge is 0.189 e. The Bertz CT molecular complexity index is 804. The molecule has 1 fully saturated rings. The maximum Gasteiger partial charge on any atom is 0.189 e. The monoisotopic (exact) mass is 360 g/mol. The first-order chi connectivity index (χ1) is 13.4. The molecule has 0 spiro atoms. The lowest BCUT2D eigenvalue weighted by atomic mass is 9.90. The lowest BCUT2D eigenvalue weighted by molar-refractivity contribution is -0.0496. The van der Waals surface area contributed by atoms with E-state index in [0.717, 1.165) is 16.9 Å². The highest BCUT2D eigenvalue weighted by Gasteiger charge is 2.13. The molecule has 0 unspecified atom stereocenters. The van der Waals surface area contributed by atoms with E-state index in [1.54, 1.807) is 0 Å². The third kappa shape index (κ3) is 5.15. The third-order valence-corrected chi connectivity index (χ3v) is 5.64. The van der Waals surface area contributed by atoms with Crippen LogP contribution in [-0.4, -0.2) is 12.9 Å². The van der Waals surface area contributed by atoms with Crippen molar-refractivity contribution in [2.75, 3.05) is 6.79 Å². The molecular formula is C25H28O2. The highest BCUT2D eigenvalue weighted by atomic mass is 16.7. The summed E-state index contributed by atoms with van der Waals surface area (Å²) in [4.78, 5) is 0. The first-order valence-electron chi connectivity index (χ1n) is 10.4. The zero-order chi connectivity index (χ0) is 18.3. The van der Waals surface area contributed by atoms with Crippen molar-refractivity contribution in [2.45, 2.75) is 63.9 Å². The van der Waals surface area contributed by atoms with Crippen molar-refractivity contribution in [2.24, 2.45) is 0 Å². The molecule has 0 bridgehead atoms. The van der Waals surface area contributed by atoms with Crippen LogP contribution in [0.1, 0.15) is 67.2 Å². The van der Waals surface area contributed by atoms with E-state index in [2.05, 4.69) is 30.0 Å². The summed E-state index contributed by atoms with van der Waals surface area (Å²) in [5.74, 6) is 7.41. The Morgan fingerprint density at radius 2 is 1.44 bits per heavy atom. The molecule has 2 aliphatic rings. The van der Waals surface area contributed by atoms with Crippen LogP contribution in [-0.2, 0) is 17.6 Å². The molecular weight excluding hydrogens is 332 g/mol. The van der Waals surface area contributed by atoms with Gasteiger partial charge in [-0.2, -0.15) is 0 Å². The van der Waals surface area contributed by atoms with Crippen LogP contribution in [0.5, 0.6) is 5.75 Å². The number of hydrogen-bond acceptors (Lipinski definition) is 2. The van der Waals surface area contributed by atoms with Crippen LogP contribution >= 0.6 is 0 Å². The van der Waals surface area contributed by atoms with Crippen molar-refractivity contribution in [3.8, 4) is 17.6 Å². The van der Waals surface area contributed by atoms with Gasteiger partial charge in [-0.3, -0.25) is 0 Å². The SMILES string of the molecule is C(#Cc1ccc2c(c1)CCCC2)c1ccc(OCOC2CCCCC2)cc1. The molecule has 0 amide bonds. The maximum atomic E-state index is 5.82. The summed E-state index contributed by atoms with van der Waals surface area (Å²) in [6, 6.07) is 14.6. The Labute approximate surface area is 162 Å². The summed E-state index contributed by atoms with van der Waals surface area (Å²) < 4.78 is 11.5. The Kier molecular flexibility index (Phi) is 6.12. The molecule has 2 aliphatic carbocycles. The standard InChI is InChI=1S/C25H28O2/c1-2-8-24(9-3-1)26-19-27-25-16-13-20(14-17-25)10-11-21-12-15-22-6-4-5-7-23(22)18-21/h12-18,24H,1-9,19H2. The van der Waals surface area contributed by atoms with Crippen molar-refractivity contribution >= 4 is 0 Å². The van der Waals surface area contributed by atoms with E-state index >= 15 is 0 Å². The number of hydrogen-bond donors (Lipinski definition) is 0. The minimum atomic E-state index is 0.338. The molecule has 2 aromatic rings. The number of fused-ring (bicyclic) bond motifs is 1. The van der Waals surface area contributed by atoms with Gasteiger partial charge < -0.3 is 9.47 Å². The van der Waals surface area contributed by atoms with Crippen LogP contribution in [0, 0.1) is 11.8 Å². The lowest BCUT2D eigenvalue weighted by Gasteiger charge is -2.21. The summed E-state index contributed by atoms with van der Waals surface area (Å²) in [7, 11) is 0. The van der Waals surface area contributed by atoms with Gasteiger partial charge in [-0.05, 0) is 86.1 Å². The van der Waals surface area contributed by atoms with Crippen LogP contribution in [0.15, 0.2) is 42.5 Å². The first kappa shape index (κ1) is 18.1. The molecule has 2 aromatic carbocycles. The normalized spacial score (nSPS) is 16.9. The van der Waals surface area contributed by atoms with E-state index in [9.17, 15) is 0 Å². The molecule has 0 atom stereocenters. The molecule has 27 heavy (non-hydrogen) atoms. The van der Waals surface area contributed by atoms with Gasteiger partial charge in [0, 0.05) is 11.1 Å². The number of rotatable bonds is 4. The maximum absolute atomic E-state index is 5.82. The number of ether oxygens (including phenoxy) is 2. The van der Waals surface area contributed by atoms with Gasteiger partial charge in [-0.25, -0.2) is 0 Å². The fourth-order valence-corrected chi connectivity index (χ4v) is 4.02. The van der Waals surface area contributed by atoms with E-state index < -0.39 is 0 Å². The van der Waals surface area contributed by atoms with Gasteiger partial charge in [0.15, 0.2) is 6.79 Å². The predicted molar refractivity (Wildman–Crippen MR) is 109 cm³/mol. The van der Waals surface area contributed by atoms with Gasteiger partial charge in [0.2, 0.25) is 0 Å². The van der Waals surface area contributed by atoms with E-state index in [-0.39, 0.29) is 0 Å². The van der Waals surface area contributed by atoms with Crippen molar-refractivity contribution in [3.63, 3.8) is 0 Å². The Balaban J connectivity index is 1.31. The van der Waals surface area contributed by atoms with Gasteiger partial charge in [-0.1, -0.05) is 37.2 Å². The highest BCUT2D eigenvalue weighted by Crippen LogP contribution is 2.22. The highest BCUT2D eigenvalue weighted by molar-refractivity contribution is 5.47. The predicted octanol–water partition coefficient (Wildman–Crippen LogP) is 5.65. The van der Waals surface area contributed by atoms with Gasteiger partial charge in [0.05, 0.1) is 6.10 Å². The second-order valence-corrected chi connectivity index (χ2v) is 7.65. The molecule has 4 rings (SSSR count). The topological polar surface area (TPSA) is 18.5 Å². The molecule has 140 valence electrons. The molecule has 0 N–H and O–H groups in total. The first-order valence-corrected chi connectivity index (χ1v) is 10.4. The molecule has 0 radical (unpaired) electrons. The van der Waals surface area contributed by atoms with E-state index in [4.69, 9.17) is 9.47 Å². The molecule has 0 heterocycles. The quantitative estimate of drug-likeness (QED) is 0.518. The van der Waals surface area contributed by atoms with Gasteiger partial charge >= 0.3 is 0 Å². The van der Waals surface area contributed by atoms with E-state index in [1.165, 1.54) is 68.9 Å². The summed E-state index contributed by atoms with van der Waals surface area (Å²) >= 11 is 0. The number of aryl methyl sites for hydroxylation is 2. The summed E-state index contributed by atoms with van der Waals surface area (Å²) in [6.07, 6.45) is 11.6. The van der Waals surface area contributed by atoms with Gasteiger partial charge in [0.1, 0.15) is 5.75 Å². The minimum Gasteiger partial charge on any atom is -0.468 e. The summed E-state index contributed by atoms with van der Waals surface area (Å²) in [5.41, 5.74) is 5.10. The fraction of sp³-hybridized carbons (Fsp3) is 0.440. The molecule has 0 aromatic heterocycles. The van der Waals surface area contributed by atoms with Gasteiger partial charge in [-0.15, -0.1) is 0 Å². The summed E-state index contributed by atoms with van der Waals surface area (Å²) in [6.45, 7) is 0.338. The van der Waals surface area contributed by atoms with Crippen LogP contribution in [0.3, 0.4) is 0 Å². The van der Waals surface area contributed by atoms with Crippen LogP contribution in [0.4, 0.5) is 0 Å². The van der Waals surface area contributed by atoms with Crippen LogP contribution in [0.2, 0.25) is 0 Å². The van der Waals surface area contributed by atoms with E-state index in [0.29, 0.717) is 12.9 Å². The minimum absolute atomic E-state index is 0.338. The Morgan fingerprint density at radius 1 is 0.741 bits per heavy atom. The second kappa shape index (κ2) is 9.11. The second-order valence-electron chi connectivity index (χ2n) is 7.65. The van der Waals surface area contributed by atoms with Crippen molar-refractivity contribution in [3.05, 3.63) is 64.7 Å². The van der Waals surface area contributed by atoms with Crippen LogP contribution < -0.4 is 4.74 Å². The average molecular weight is 360 g/mol.